The van der Waals surface area contributed by atoms with Crippen LogP contribution in [0, 0.1) is 12.7 Å². The molecule has 0 saturated carbocycles. The predicted octanol–water partition coefficient (Wildman–Crippen LogP) is 0.669. The summed E-state index contributed by atoms with van der Waals surface area (Å²) in [5.74, 6) is -2.22. The highest BCUT2D eigenvalue weighted by atomic mass is 19.1. The number of hydrogen-bond acceptors (Lipinski definition) is 3. The van der Waals surface area contributed by atoms with Gasteiger partial charge < -0.3 is 5.32 Å². The van der Waals surface area contributed by atoms with Crippen LogP contribution >= 0.6 is 0 Å². The minimum atomic E-state index is -0.800. The van der Waals surface area contributed by atoms with Gasteiger partial charge in [0.1, 0.15) is 11.9 Å². The van der Waals surface area contributed by atoms with Crippen molar-refractivity contribution in [1.29, 1.82) is 0 Å². The minimum Gasteiger partial charge on any atom is -0.340 e. The molecule has 5 nitrogen and oxygen atoms in total. The van der Waals surface area contributed by atoms with E-state index in [9.17, 15) is 18.8 Å². The fourth-order valence-electron chi connectivity index (χ4n) is 1.87. The van der Waals surface area contributed by atoms with E-state index in [-0.39, 0.29) is 24.3 Å². The Kier molecular flexibility index (Phi) is 3.59. The molecule has 0 bridgehead atoms. The highest BCUT2D eigenvalue weighted by Crippen LogP contribution is 2.11. The van der Waals surface area contributed by atoms with E-state index >= 15 is 0 Å². The highest BCUT2D eigenvalue weighted by Gasteiger charge is 2.28. The van der Waals surface area contributed by atoms with Crippen molar-refractivity contribution in [3.8, 4) is 0 Å². The van der Waals surface area contributed by atoms with Gasteiger partial charge in [-0.15, -0.1) is 0 Å². The van der Waals surface area contributed by atoms with Gasteiger partial charge in [0.05, 0.1) is 5.56 Å². The zero-order valence-corrected chi connectivity index (χ0v) is 10.3. The van der Waals surface area contributed by atoms with Gasteiger partial charge in [-0.05, 0) is 31.0 Å². The molecule has 1 unspecified atom stereocenters. The second-order valence-corrected chi connectivity index (χ2v) is 4.46. The Morgan fingerprint density at radius 1 is 1.42 bits per heavy atom. The molecular formula is C13H13FN2O3. The first-order chi connectivity index (χ1) is 8.97. The maximum Gasteiger partial charge on any atom is 0.254 e. The minimum absolute atomic E-state index is 0.115. The highest BCUT2D eigenvalue weighted by molar-refractivity contribution is 6.03. The molecule has 0 aromatic heterocycles. The third kappa shape index (κ3) is 2.96. The van der Waals surface area contributed by atoms with Crippen LogP contribution in [0.4, 0.5) is 4.39 Å². The number of benzene rings is 1. The monoisotopic (exact) mass is 264 g/mol. The van der Waals surface area contributed by atoms with Crippen molar-refractivity contribution in [3.05, 3.63) is 35.1 Å². The zero-order valence-electron chi connectivity index (χ0n) is 10.3. The van der Waals surface area contributed by atoms with Gasteiger partial charge in [-0.3, -0.25) is 19.7 Å². The van der Waals surface area contributed by atoms with Gasteiger partial charge >= 0.3 is 0 Å². The molecule has 3 amide bonds. The van der Waals surface area contributed by atoms with Gasteiger partial charge in [-0.25, -0.2) is 4.39 Å². The van der Waals surface area contributed by atoms with Gasteiger partial charge in [-0.2, -0.15) is 0 Å². The van der Waals surface area contributed by atoms with Crippen molar-refractivity contribution in [2.24, 2.45) is 0 Å². The quantitative estimate of drug-likeness (QED) is 0.771. The van der Waals surface area contributed by atoms with E-state index in [1.165, 1.54) is 12.1 Å². The second kappa shape index (κ2) is 5.17. The predicted molar refractivity (Wildman–Crippen MR) is 64.8 cm³/mol. The molecule has 6 heteroatoms. The number of aryl methyl sites for hydroxylation is 1. The molecule has 0 aliphatic carbocycles. The van der Waals surface area contributed by atoms with Crippen LogP contribution in [0.2, 0.25) is 0 Å². The lowest BCUT2D eigenvalue weighted by molar-refractivity contribution is -0.134. The zero-order chi connectivity index (χ0) is 14.0. The third-order valence-corrected chi connectivity index (χ3v) is 2.91. The number of halogens is 1. The number of imide groups is 1. The Bertz CT molecular complexity index is 557. The maximum absolute atomic E-state index is 13.6. The Balaban J connectivity index is 2.09. The van der Waals surface area contributed by atoms with Crippen molar-refractivity contribution < 1.29 is 18.8 Å². The Hall–Kier alpha value is -2.24. The summed E-state index contributed by atoms with van der Waals surface area (Å²) in [6, 6.07) is 3.43. The standard InChI is InChI=1S/C13H13FN2O3/c1-7-2-3-8(9(14)6-7)12(18)15-10-4-5-11(17)16-13(10)19/h2-3,6,10H,4-5H2,1H3,(H,15,18)(H,16,17,19). The maximum atomic E-state index is 13.6. The van der Waals surface area contributed by atoms with Crippen molar-refractivity contribution >= 4 is 17.7 Å². The summed E-state index contributed by atoms with van der Waals surface area (Å²) < 4.78 is 13.6. The summed E-state index contributed by atoms with van der Waals surface area (Å²) in [6.07, 6.45) is 0.386. The molecule has 1 aliphatic rings. The summed E-state index contributed by atoms with van der Waals surface area (Å²) in [7, 11) is 0. The van der Waals surface area contributed by atoms with E-state index in [1.807, 2.05) is 0 Å². The molecule has 1 aliphatic heterocycles. The molecule has 1 aromatic carbocycles. The molecule has 1 heterocycles. The number of amides is 3. The third-order valence-electron chi connectivity index (χ3n) is 2.91. The van der Waals surface area contributed by atoms with Crippen molar-refractivity contribution in [3.63, 3.8) is 0 Å². The average molecular weight is 264 g/mol. The number of carbonyl (C=O) groups is 3. The first kappa shape index (κ1) is 13.2. The van der Waals surface area contributed by atoms with Gasteiger partial charge in [0.25, 0.3) is 5.91 Å². The fraction of sp³-hybridized carbons (Fsp3) is 0.308. The molecule has 0 spiro atoms. The van der Waals surface area contributed by atoms with Crippen molar-refractivity contribution in [2.45, 2.75) is 25.8 Å². The molecule has 19 heavy (non-hydrogen) atoms. The van der Waals surface area contributed by atoms with E-state index in [4.69, 9.17) is 0 Å². The summed E-state index contributed by atoms with van der Waals surface area (Å²) in [4.78, 5) is 34.3. The first-order valence-corrected chi connectivity index (χ1v) is 5.88. The number of piperidine rings is 1. The van der Waals surface area contributed by atoms with Crippen molar-refractivity contribution in [2.75, 3.05) is 0 Å². The Morgan fingerprint density at radius 3 is 2.79 bits per heavy atom. The lowest BCUT2D eigenvalue weighted by Gasteiger charge is -2.21. The van der Waals surface area contributed by atoms with Crippen LogP contribution in [0.1, 0.15) is 28.8 Å². The summed E-state index contributed by atoms with van der Waals surface area (Å²) >= 11 is 0. The normalized spacial score (nSPS) is 18.9. The summed E-state index contributed by atoms with van der Waals surface area (Å²) in [6.45, 7) is 1.71. The van der Waals surface area contributed by atoms with Gasteiger partial charge in [-0.1, -0.05) is 6.07 Å². The van der Waals surface area contributed by atoms with E-state index in [0.717, 1.165) is 0 Å². The fourth-order valence-corrected chi connectivity index (χ4v) is 1.87. The van der Waals surface area contributed by atoms with Crippen LogP contribution in [0.25, 0.3) is 0 Å². The van der Waals surface area contributed by atoms with Crippen LogP contribution < -0.4 is 10.6 Å². The molecule has 1 fully saturated rings. The van der Waals surface area contributed by atoms with E-state index in [1.54, 1.807) is 13.0 Å². The second-order valence-electron chi connectivity index (χ2n) is 4.46. The molecule has 100 valence electrons. The van der Waals surface area contributed by atoms with Crippen LogP contribution in [-0.4, -0.2) is 23.8 Å². The van der Waals surface area contributed by atoms with Gasteiger partial charge in [0.2, 0.25) is 11.8 Å². The van der Waals surface area contributed by atoms with Gasteiger partial charge in [0.15, 0.2) is 0 Å². The summed E-state index contributed by atoms with van der Waals surface area (Å²) in [5, 5.41) is 4.55. The molecule has 1 saturated heterocycles. The Morgan fingerprint density at radius 2 is 2.16 bits per heavy atom. The smallest absolute Gasteiger partial charge is 0.254 e. The van der Waals surface area contributed by atoms with Crippen LogP contribution in [0.5, 0.6) is 0 Å². The van der Waals surface area contributed by atoms with Crippen LogP contribution in [-0.2, 0) is 9.59 Å². The molecule has 2 rings (SSSR count). The average Bonchev–Trinajstić information content (AvgIpc) is 2.32. The van der Waals surface area contributed by atoms with E-state index < -0.39 is 23.7 Å². The SMILES string of the molecule is Cc1ccc(C(=O)NC2CCC(=O)NC2=O)c(F)c1. The molecule has 1 aromatic rings. The largest absolute Gasteiger partial charge is 0.340 e. The van der Waals surface area contributed by atoms with E-state index in [2.05, 4.69) is 10.6 Å². The number of hydrogen-bond donors (Lipinski definition) is 2. The lowest BCUT2D eigenvalue weighted by Crippen LogP contribution is -2.52. The lowest BCUT2D eigenvalue weighted by atomic mass is 10.0. The topological polar surface area (TPSA) is 75.3 Å². The molecule has 2 N–H and O–H groups in total. The number of carbonyl (C=O) groups excluding carboxylic acids is 3. The van der Waals surface area contributed by atoms with E-state index in [0.29, 0.717) is 5.56 Å². The van der Waals surface area contributed by atoms with Crippen LogP contribution in [0.3, 0.4) is 0 Å². The molecule has 1 atom stereocenters. The Labute approximate surface area is 109 Å². The summed E-state index contributed by atoms with van der Waals surface area (Å²) in [5.41, 5.74) is 0.588. The van der Waals surface area contributed by atoms with Gasteiger partial charge in [0, 0.05) is 6.42 Å². The molecule has 0 radical (unpaired) electrons. The molecular weight excluding hydrogens is 251 g/mol. The number of nitrogens with one attached hydrogen (secondary N) is 2. The van der Waals surface area contributed by atoms with Crippen molar-refractivity contribution in [1.82, 2.24) is 10.6 Å². The number of rotatable bonds is 2. The first-order valence-electron chi connectivity index (χ1n) is 5.88. The van der Waals surface area contributed by atoms with Crippen LogP contribution in [0.15, 0.2) is 18.2 Å².